The summed E-state index contributed by atoms with van der Waals surface area (Å²) in [6, 6.07) is 0.341. The zero-order valence-corrected chi connectivity index (χ0v) is 8.42. The van der Waals surface area contributed by atoms with E-state index in [1.165, 1.54) is 0 Å². The van der Waals surface area contributed by atoms with Gasteiger partial charge in [-0.05, 0) is 12.8 Å². The van der Waals surface area contributed by atoms with E-state index in [4.69, 9.17) is 5.73 Å². The number of ether oxygens (including phenoxy) is 1. The maximum absolute atomic E-state index is 11.6. The lowest BCUT2D eigenvalue weighted by Crippen LogP contribution is -2.50. The summed E-state index contributed by atoms with van der Waals surface area (Å²) in [5.41, 5.74) is 5.54. The number of nitrogens with two attached hydrogens (primary N) is 1. The smallest absolute Gasteiger partial charge is 0.261 e. The van der Waals surface area contributed by atoms with Gasteiger partial charge in [0.15, 0.2) is 0 Å². The quantitative estimate of drug-likeness (QED) is 0.634. The van der Waals surface area contributed by atoms with E-state index >= 15 is 0 Å². The third-order valence-electron chi connectivity index (χ3n) is 2.26. The van der Waals surface area contributed by atoms with Gasteiger partial charge in [-0.25, -0.2) is 8.78 Å². The summed E-state index contributed by atoms with van der Waals surface area (Å²) < 4.78 is 27.9. The molecule has 0 unspecified atom stereocenters. The number of alkyl halides is 2. The van der Waals surface area contributed by atoms with Gasteiger partial charge in [-0.15, -0.1) is 0 Å². The van der Waals surface area contributed by atoms with Crippen molar-refractivity contribution in [3.63, 3.8) is 0 Å². The highest BCUT2D eigenvalue weighted by molar-refractivity contribution is 5.76. The zero-order chi connectivity index (χ0) is 11.3. The number of hydrogen-bond donors (Lipinski definition) is 2. The Kier molecular flexibility index (Phi) is 4.90. The summed E-state index contributed by atoms with van der Waals surface area (Å²) in [7, 11) is 0. The monoisotopic (exact) mass is 222 g/mol. The number of carbonyl (C=O) groups is 1. The van der Waals surface area contributed by atoms with Crippen molar-refractivity contribution in [1.29, 1.82) is 0 Å². The van der Waals surface area contributed by atoms with Gasteiger partial charge in [0.05, 0.1) is 6.61 Å². The molecule has 0 atom stereocenters. The van der Waals surface area contributed by atoms with Crippen molar-refractivity contribution in [1.82, 2.24) is 5.32 Å². The molecule has 0 radical (unpaired) electrons. The van der Waals surface area contributed by atoms with E-state index in [0.717, 1.165) is 12.8 Å². The van der Waals surface area contributed by atoms with E-state index in [2.05, 4.69) is 10.1 Å². The molecule has 0 bridgehead atoms. The van der Waals surface area contributed by atoms with Gasteiger partial charge in [-0.2, -0.15) is 0 Å². The van der Waals surface area contributed by atoms with Crippen molar-refractivity contribution >= 4 is 5.91 Å². The van der Waals surface area contributed by atoms with Gasteiger partial charge in [0.25, 0.3) is 6.43 Å². The molecule has 1 amide bonds. The van der Waals surface area contributed by atoms with Crippen LogP contribution < -0.4 is 11.1 Å². The highest BCUT2D eigenvalue weighted by atomic mass is 19.3. The molecule has 0 aromatic carbocycles. The first-order valence-corrected chi connectivity index (χ1v) is 4.98. The fraction of sp³-hybridized carbons (Fsp3) is 0.889. The average Bonchev–Trinajstić information content (AvgIpc) is 2.10. The van der Waals surface area contributed by atoms with Crippen LogP contribution in [-0.2, 0) is 9.53 Å². The highest BCUT2D eigenvalue weighted by Crippen LogP contribution is 2.17. The topological polar surface area (TPSA) is 64.3 Å². The Hall–Kier alpha value is -0.750. The summed E-state index contributed by atoms with van der Waals surface area (Å²) in [6.45, 7) is -0.573. The van der Waals surface area contributed by atoms with Gasteiger partial charge in [0.2, 0.25) is 5.91 Å². The number of hydrogen-bond acceptors (Lipinski definition) is 3. The first-order chi connectivity index (χ1) is 7.08. The molecule has 1 fully saturated rings. The molecular formula is C9H16F2N2O2. The summed E-state index contributed by atoms with van der Waals surface area (Å²) in [6.07, 6.45) is -0.760. The Balaban J connectivity index is 1.94. The fourth-order valence-electron chi connectivity index (χ4n) is 1.42. The van der Waals surface area contributed by atoms with Crippen LogP contribution in [0.25, 0.3) is 0 Å². The van der Waals surface area contributed by atoms with Crippen LogP contribution >= 0.6 is 0 Å². The summed E-state index contributed by atoms with van der Waals surface area (Å²) in [4.78, 5) is 11.2. The second-order valence-corrected chi connectivity index (χ2v) is 3.71. The largest absolute Gasteiger partial charge is 0.375 e. The predicted octanol–water partition coefficient (Wildman–Crippen LogP) is 0.264. The minimum atomic E-state index is -2.47. The van der Waals surface area contributed by atoms with Gasteiger partial charge >= 0.3 is 0 Å². The second kappa shape index (κ2) is 5.97. The Labute approximate surface area is 87.1 Å². The van der Waals surface area contributed by atoms with Crippen LogP contribution in [0.15, 0.2) is 0 Å². The summed E-state index contributed by atoms with van der Waals surface area (Å²) in [5, 5.41) is 2.75. The Bertz CT molecular complexity index is 208. The van der Waals surface area contributed by atoms with Crippen molar-refractivity contribution < 1.29 is 18.3 Å². The minimum absolute atomic E-state index is 0.0367. The Morgan fingerprint density at radius 1 is 1.53 bits per heavy atom. The van der Waals surface area contributed by atoms with Crippen molar-refractivity contribution in [2.75, 3.05) is 13.2 Å². The van der Waals surface area contributed by atoms with E-state index in [0.29, 0.717) is 0 Å². The normalized spacial score (nSPS) is 25.1. The van der Waals surface area contributed by atoms with E-state index < -0.39 is 13.0 Å². The molecule has 0 aromatic heterocycles. The SMILES string of the molecule is NC1CC(NC(=O)CCOCC(F)F)C1. The van der Waals surface area contributed by atoms with Crippen LogP contribution in [0.4, 0.5) is 8.78 Å². The first kappa shape index (κ1) is 12.3. The molecule has 6 heteroatoms. The van der Waals surface area contributed by atoms with Gasteiger partial charge in [-0.1, -0.05) is 0 Å². The zero-order valence-electron chi connectivity index (χ0n) is 8.42. The lowest BCUT2D eigenvalue weighted by Gasteiger charge is -2.32. The third kappa shape index (κ3) is 5.03. The van der Waals surface area contributed by atoms with Gasteiger partial charge in [0.1, 0.15) is 6.61 Å². The first-order valence-electron chi connectivity index (χ1n) is 4.98. The molecule has 15 heavy (non-hydrogen) atoms. The maximum Gasteiger partial charge on any atom is 0.261 e. The van der Waals surface area contributed by atoms with Crippen molar-refractivity contribution in [3.05, 3.63) is 0 Å². The lowest BCUT2D eigenvalue weighted by molar-refractivity contribution is -0.123. The number of rotatable bonds is 6. The van der Waals surface area contributed by atoms with E-state index in [9.17, 15) is 13.6 Å². The highest BCUT2D eigenvalue weighted by Gasteiger charge is 2.26. The predicted molar refractivity (Wildman–Crippen MR) is 50.6 cm³/mol. The number of amides is 1. The second-order valence-electron chi connectivity index (χ2n) is 3.71. The van der Waals surface area contributed by atoms with Gasteiger partial charge in [0, 0.05) is 18.5 Å². The number of carbonyl (C=O) groups excluding carboxylic acids is 1. The van der Waals surface area contributed by atoms with Crippen LogP contribution in [0.2, 0.25) is 0 Å². The molecule has 0 aliphatic heterocycles. The number of nitrogens with one attached hydrogen (secondary N) is 1. The fourth-order valence-corrected chi connectivity index (χ4v) is 1.42. The van der Waals surface area contributed by atoms with Crippen molar-refractivity contribution in [2.24, 2.45) is 5.73 Å². The maximum atomic E-state index is 11.6. The molecule has 0 aromatic rings. The van der Waals surface area contributed by atoms with Crippen molar-refractivity contribution in [2.45, 2.75) is 37.8 Å². The van der Waals surface area contributed by atoms with Crippen LogP contribution in [0.3, 0.4) is 0 Å². The molecule has 0 heterocycles. The van der Waals surface area contributed by atoms with Crippen LogP contribution in [0.1, 0.15) is 19.3 Å². The van der Waals surface area contributed by atoms with E-state index in [1.54, 1.807) is 0 Å². The summed E-state index contributed by atoms with van der Waals surface area (Å²) in [5.74, 6) is -0.166. The molecule has 1 aliphatic rings. The molecule has 0 spiro atoms. The Morgan fingerprint density at radius 2 is 2.20 bits per heavy atom. The molecule has 3 N–H and O–H groups in total. The van der Waals surface area contributed by atoms with Gasteiger partial charge < -0.3 is 15.8 Å². The number of halogens is 2. The lowest BCUT2D eigenvalue weighted by atomic mass is 9.87. The molecule has 1 saturated carbocycles. The molecule has 1 rings (SSSR count). The van der Waals surface area contributed by atoms with Gasteiger partial charge in [-0.3, -0.25) is 4.79 Å². The molecule has 1 aliphatic carbocycles. The Morgan fingerprint density at radius 3 is 2.73 bits per heavy atom. The average molecular weight is 222 g/mol. The molecule has 0 saturated heterocycles. The van der Waals surface area contributed by atoms with E-state index in [1.807, 2.05) is 0 Å². The molecular weight excluding hydrogens is 206 g/mol. The van der Waals surface area contributed by atoms with Crippen LogP contribution in [0.5, 0.6) is 0 Å². The summed E-state index contributed by atoms with van der Waals surface area (Å²) >= 11 is 0. The van der Waals surface area contributed by atoms with Crippen LogP contribution in [0, 0.1) is 0 Å². The molecule has 4 nitrogen and oxygen atoms in total. The molecule has 88 valence electrons. The van der Waals surface area contributed by atoms with Crippen molar-refractivity contribution in [3.8, 4) is 0 Å². The minimum Gasteiger partial charge on any atom is -0.375 e. The third-order valence-corrected chi connectivity index (χ3v) is 2.26. The van der Waals surface area contributed by atoms with Crippen LogP contribution in [-0.4, -0.2) is 37.6 Å². The standard InChI is InChI=1S/C9H16F2N2O2/c10-8(11)5-15-2-1-9(14)13-7-3-6(12)4-7/h6-8H,1-5,12H2,(H,13,14). The van der Waals surface area contributed by atoms with E-state index in [-0.39, 0.29) is 31.0 Å².